The van der Waals surface area contributed by atoms with Crippen molar-refractivity contribution >= 4 is 17.8 Å². The molecule has 0 spiro atoms. The van der Waals surface area contributed by atoms with Crippen LogP contribution in [-0.4, -0.2) is 42.8 Å². The van der Waals surface area contributed by atoms with Crippen molar-refractivity contribution in [2.75, 3.05) is 10.2 Å². The molecule has 0 aliphatic heterocycles. The molecule has 1 fully saturated rings. The monoisotopic (exact) mass is 550 g/mol. The summed E-state index contributed by atoms with van der Waals surface area (Å²) < 4.78 is 40.2. The Hall–Kier alpha value is -4.48. The molecule has 1 aliphatic carbocycles. The van der Waals surface area contributed by atoms with E-state index in [1.807, 2.05) is 43.6 Å². The number of benzene rings is 1. The fourth-order valence-corrected chi connectivity index (χ4v) is 4.78. The van der Waals surface area contributed by atoms with E-state index in [9.17, 15) is 18.0 Å². The average Bonchev–Trinajstić information content (AvgIpc) is 3.40. The lowest BCUT2D eigenvalue weighted by molar-refractivity contribution is -0.137. The van der Waals surface area contributed by atoms with Crippen molar-refractivity contribution in [1.82, 2.24) is 30.0 Å². The zero-order valence-corrected chi connectivity index (χ0v) is 21.8. The van der Waals surface area contributed by atoms with E-state index in [1.165, 1.54) is 6.07 Å². The largest absolute Gasteiger partial charge is 0.417 e. The number of alkyl halides is 3. The van der Waals surface area contributed by atoms with Crippen LogP contribution in [0.2, 0.25) is 0 Å². The van der Waals surface area contributed by atoms with Crippen LogP contribution in [0.15, 0.2) is 73.4 Å². The first-order valence-corrected chi connectivity index (χ1v) is 13.0. The smallest absolute Gasteiger partial charge is 0.367 e. The number of carbonyl (C=O) groups excluding carboxylic acids is 1. The predicted octanol–water partition coefficient (Wildman–Crippen LogP) is 5.43. The molecule has 9 nitrogen and oxygen atoms in total. The number of anilines is 2. The topological polar surface area (TPSA) is 101 Å². The number of hydrogen-bond acceptors (Lipinski definition) is 6. The van der Waals surface area contributed by atoms with E-state index in [2.05, 4.69) is 30.7 Å². The molecule has 2 amide bonds. The van der Waals surface area contributed by atoms with Crippen LogP contribution in [0, 0.1) is 0 Å². The van der Waals surface area contributed by atoms with Crippen LogP contribution in [0.4, 0.5) is 29.7 Å². The Labute approximate surface area is 229 Å². The molecule has 0 unspecified atom stereocenters. The third-order valence-electron chi connectivity index (χ3n) is 6.90. The minimum atomic E-state index is -4.42. The van der Waals surface area contributed by atoms with Gasteiger partial charge in [0.2, 0.25) is 5.95 Å². The summed E-state index contributed by atoms with van der Waals surface area (Å²) in [4.78, 5) is 28.1. The Bertz CT molecular complexity index is 1400. The number of rotatable bonds is 7. The number of carbonyl (C=O) groups is 1. The van der Waals surface area contributed by atoms with Gasteiger partial charge in [0, 0.05) is 61.6 Å². The number of halogens is 3. The third-order valence-corrected chi connectivity index (χ3v) is 6.90. The van der Waals surface area contributed by atoms with E-state index in [0.717, 1.165) is 29.0 Å². The molecular weight excluding hydrogens is 521 g/mol. The number of hydrogen-bond donors (Lipinski definition) is 2. The molecule has 4 aromatic rings. The maximum Gasteiger partial charge on any atom is 0.417 e. The number of amides is 2. The minimum absolute atomic E-state index is 0.0172. The molecule has 0 saturated heterocycles. The van der Waals surface area contributed by atoms with Gasteiger partial charge in [0.05, 0.1) is 11.8 Å². The quantitative estimate of drug-likeness (QED) is 0.318. The molecule has 208 valence electrons. The van der Waals surface area contributed by atoms with Crippen molar-refractivity contribution < 1.29 is 18.0 Å². The highest BCUT2D eigenvalue weighted by atomic mass is 19.4. The number of aromatic nitrogens is 5. The van der Waals surface area contributed by atoms with E-state index in [0.29, 0.717) is 44.0 Å². The fraction of sp³-hybridized carbons (Fsp3) is 0.321. The number of urea groups is 1. The Kier molecular flexibility index (Phi) is 7.94. The van der Waals surface area contributed by atoms with Crippen molar-refractivity contribution in [2.45, 2.75) is 50.5 Å². The summed E-state index contributed by atoms with van der Waals surface area (Å²) in [5.41, 5.74) is 1.85. The summed E-state index contributed by atoms with van der Waals surface area (Å²) in [5.74, 6) is 0.697. The Morgan fingerprint density at radius 3 is 2.27 bits per heavy atom. The maximum absolute atomic E-state index is 13.5. The highest BCUT2D eigenvalue weighted by Gasteiger charge is 2.33. The molecule has 1 aliphatic rings. The van der Waals surface area contributed by atoms with Gasteiger partial charge in [0.15, 0.2) is 0 Å². The molecule has 1 saturated carbocycles. The highest BCUT2D eigenvalue weighted by Crippen LogP contribution is 2.31. The van der Waals surface area contributed by atoms with Gasteiger partial charge in [-0.1, -0.05) is 30.3 Å². The number of nitrogens with zero attached hydrogens (tertiary/aromatic N) is 6. The maximum atomic E-state index is 13.5. The van der Waals surface area contributed by atoms with E-state index < -0.39 is 11.7 Å². The van der Waals surface area contributed by atoms with Crippen molar-refractivity contribution in [2.24, 2.45) is 7.05 Å². The van der Waals surface area contributed by atoms with Gasteiger partial charge in [0.25, 0.3) is 0 Å². The molecule has 0 bridgehead atoms. The molecule has 1 aromatic carbocycles. The lowest BCUT2D eigenvalue weighted by atomic mass is 9.90. The Morgan fingerprint density at radius 1 is 0.950 bits per heavy atom. The molecule has 5 rings (SSSR count). The molecular formula is C28H29F3N8O. The van der Waals surface area contributed by atoms with E-state index >= 15 is 0 Å². The van der Waals surface area contributed by atoms with Crippen molar-refractivity contribution in [3.63, 3.8) is 0 Å². The van der Waals surface area contributed by atoms with Gasteiger partial charge in [-0.05, 0) is 43.4 Å². The van der Waals surface area contributed by atoms with Crippen LogP contribution in [0.1, 0.15) is 36.8 Å². The summed E-state index contributed by atoms with van der Waals surface area (Å²) in [5, 5.41) is 10.4. The number of aryl methyl sites for hydroxylation is 1. The van der Waals surface area contributed by atoms with Gasteiger partial charge in [-0.2, -0.15) is 18.3 Å². The predicted molar refractivity (Wildman–Crippen MR) is 144 cm³/mol. The third kappa shape index (κ3) is 6.56. The zero-order chi connectivity index (χ0) is 28.1. The summed E-state index contributed by atoms with van der Waals surface area (Å²) in [6.45, 7) is 0.362. The van der Waals surface area contributed by atoms with Gasteiger partial charge < -0.3 is 10.6 Å². The lowest BCUT2D eigenvalue weighted by Crippen LogP contribution is -2.49. The second-order valence-corrected chi connectivity index (χ2v) is 9.77. The van der Waals surface area contributed by atoms with Crippen molar-refractivity contribution in [1.29, 1.82) is 0 Å². The minimum Gasteiger partial charge on any atom is -0.367 e. The van der Waals surface area contributed by atoms with Gasteiger partial charge in [0.1, 0.15) is 5.82 Å². The molecule has 3 heterocycles. The van der Waals surface area contributed by atoms with Gasteiger partial charge in [-0.25, -0.2) is 19.7 Å². The second-order valence-electron chi connectivity index (χ2n) is 9.77. The SMILES string of the molecule is Cn1cc(-c2cnc(N(C(=O)NCc3ccccc3)[C@H]3CC[C@H](Nc4ccc(C(F)(F)F)cn4)CC3)nc2)cn1. The van der Waals surface area contributed by atoms with Crippen LogP contribution in [0.25, 0.3) is 11.1 Å². The average molecular weight is 551 g/mol. The first-order valence-electron chi connectivity index (χ1n) is 13.0. The zero-order valence-electron chi connectivity index (χ0n) is 21.8. The van der Waals surface area contributed by atoms with Crippen LogP contribution < -0.4 is 15.5 Å². The summed E-state index contributed by atoms with van der Waals surface area (Å²) in [6, 6.07) is 11.6. The van der Waals surface area contributed by atoms with Crippen molar-refractivity contribution in [3.05, 3.63) is 84.6 Å². The van der Waals surface area contributed by atoms with E-state index in [-0.39, 0.29) is 18.1 Å². The lowest BCUT2D eigenvalue weighted by Gasteiger charge is -2.36. The molecule has 2 N–H and O–H groups in total. The van der Waals surface area contributed by atoms with Crippen molar-refractivity contribution in [3.8, 4) is 11.1 Å². The van der Waals surface area contributed by atoms with Crippen LogP contribution in [0.3, 0.4) is 0 Å². The highest BCUT2D eigenvalue weighted by molar-refractivity contribution is 5.90. The molecule has 0 radical (unpaired) electrons. The van der Waals surface area contributed by atoms with Crippen LogP contribution in [-0.2, 0) is 19.8 Å². The van der Waals surface area contributed by atoms with Crippen LogP contribution in [0.5, 0.6) is 0 Å². The first kappa shape index (κ1) is 27.1. The summed E-state index contributed by atoms with van der Waals surface area (Å²) in [7, 11) is 1.83. The number of pyridine rings is 1. The normalized spacial score (nSPS) is 17.3. The number of nitrogens with one attached hydrogen (secondary N) is 2. The molecule has 40 heavy (non-hydrogen) atoms. The standard InChI is InChI=1S/C28H29F3N8O/c1-38-18-21(16-36-38)20-14-33-26(34-15-20)39(27(40)35-13-19-5-3-2-4-6-19)24-10-8-23(9-11-24)37-25-12-7-22(17-32-25)28(29,30)31/h2-7,12,14-18,23-24H,8-11,13H2,1H3,(H,32,37)(H,35,40)/t23-,24-. The van der Waals surface area contributed by atoms with Gasteiger partial charge in [-0.3, -0.25) is 9.58 Å². The summed E-state index contributed by atoms with van der Waals surface area (Å²) in [6.07, 6.45) is 6.07. The molecule has 12 heteroatoms. The Morgan fingerprint density at radius 2 is 1.68 bits per heavy atom. The van der Waals surface area contributed by atoms with E-state index in [1.54, 1.807) is 28.2 Å². The van der Waals surface area contributed by atoms with Gasteiger partial charge >= 0.3 is 12.2 Å². The second kappa shape index (κ2) is 11.7. The van der Waals surface area contributed by atoms with Crippen LogP contribution >= 0.6 is 0 Å². The first-order chi connectivity index (χ1) is 19.3. The molecule has 0 atom stereocenters. The van der Waals surface area contributed by atoms with E-state index in [4.69, 9.17) is 0 Å². The summed E-state index contributed by atoms with van der Waals surface area (Å²) >= 11 is 0. The Balaban J connectivity index is 1.28. The molecule has 3 aromatic heterocycles. The fourth-order valence-electron chi connectivity index (χ4n) is 4.78. The van der Waals surface area contributed by atoms with Gasteiger partial charge in [-0.15, -0.1) is 0 Å².